The molecule has 3 rings (SSSR count). The smallest absolute Gasteiger partial charge is 0.170 e. The van der Waals surface area contributed by atoms with Crippen LogP contribution in [0.5, 0.6) is 34.5 Å². The zero-order valence-electron chi connectivity index (χ0n) is 20.2. The molecule has 0 aromatic heterocycles. The van der Waals surface area contributed by atoms with Gasteiger partial charge in [0.25, 0.3) is 0 Å². The van der Waals surface area contributed by atoms with E-state index < -0.39 is 68.8 Å². The van der Waals surface area contributed by atoms with Crippen LogP contribution < -0.4 is 4.74 Å². The molecular formula is C26H28O10. The Hall–Kier alpha value is -4.08. The highest BCUT2D eigenvalue weighted by molar-refractivity contribution is 6.05. The van der Waals surface area contributed by atoms with Crippen LogP contribution in [0.2, 0.25) is 0 Å². The van der Waals surface area contributed by atoms with Gasteiger partial charge < -0.3 is 30.3 Å². The van der Waals surface area contributed by atoms with Gasteiger partial charge in [-0.2, -0.15) is 0 Å². The summed E-state index contributed by atoms with van der Waals surface area (Å²) in [5, 5.41) is 53.3. The third-order valence-corrected chi connectivity index (χ3v) is 6.50. The predicted octanol–water partition coefficient (Wildman–Crippen LogP) is 3.83. The molecule has 2 atom stereocenters. The van der Waals surface area contributed by atoms with Gasteiger partial charge in [0.1, 0.15) is 46.2 Å². The van der Waals surface area contributed by atoms with Crippen LogP contribution in [0.25, 0.3) is 0 Å². The van der Waals surface area contributed by atoms with Gasteiger partial charge in [-0.25, -0.2) is 0 Å². The van der Waals surface area contributed by atoms with Gasteiger partial charge in [0.15, 0.2) is 24.6 Å². The summed E-state index contributed by atoms with van der Waals surface area (Å²) in [5.74, 6) is -5.66. The first-order valence-electron chi connectivity index (χ1n) is 11.4. The number of benzene rings is 2. The van der Waals surface area contributed by atoms with E-state index in [1.54, 1.807) is 27.7 Å². The molecule has 2 aromatic carbocycles. The van der Waals surface area contributed by atoms with Gasteiger partial charge in [-0.05, 0) is 18.3 Å². The van der Waals surface area contributed by atoms with E-state index in [-0.39, 0.29) is 60.4 Å². The van der Waals surface area contributed by atoms with E-state index in [1.165, 1.54) is 0 Å². The number of ether oxygens (including phenoxy) is 1. The van der Waals surface area contributed by atoms with E-state index in [0.29, 0.717) is 0 Å². The second kappa shape index (κ2) is 9.88. The van der Waals surface area contributed by atoms with E-state index in [1.807, 2.05) is 0 Å². The van der Waals surface area contributed by atoms with Crippen LogP contribution in [0.15, 0.2) is 0 Å². The molecule has 1 aliphatic rings. The summed E-state index contributed by atoms with van der Waals surface area (Å²) >= 11 is 0. The number of aromatic hydroxyl groups is 5. The van der Waals surface area contributed by atoms with E-state index in [9.17, 15) is 44.7 Å². The SMILES string of the molecule is CC(C)CC(=O)c1c(O)c(C=O)c2c(c1O)C[C@@H](C(C)C)C(c1c(O)c(C=O)c(O)c(C=O)c1O)O2. The number of hydrogen-bond donors (Lipinski definition) is 5. The molecule has 10 nitrogen and oxygen atoms in total. The van der Waals surface area contributed by atoms with Crippen molar-refractivity contribution in [2.45, 2.75) is 46.6 Å². The fourth-order valence-electron chi connectivity index (χ4n) is 4.63. The molecule has 1 heterocycles. The second-order valence-corrected chi connectivity index (χ2v) is 9.61. The Morgan fingerprint density at radius 2 is 1.36 bits per heavy atom. The number of carbonyl (C=O) groups is 4. The zero-order valence-corrected chi connectivity index (χ0v) is 20.2. The normalized spacial score (nSPS) is 16.9. The lowest BCUT2D eigenvalue weighted by atomic mass is 9.77. The van der Waals surface area contributed by atoms with Crippen LogP contribution in [0.4, 0.5) is 0 Å². The molecule has 192 valence electrons. The van der Waals surface area contributed by atoms with Crippen molar-refractivity contribution in [3.05, 3.63) is 33.4 Å². The molecule has 0 fully saturated rings. The quantitative estimate of drug-likeness (QED) is 0.264. The lowest BCUT2D eigenvalue weighted by Crippen LogP contribution is -2.31. The largest absolute Gasteiger partial charge is 0.507 e. The van der Waals surface area contributed by atoms with E-state index >= 15 is 0 Å². The summed E-state index contributed by atoms with van der Waals surface area (Å²) in [6.45, 7) is 7.13. The zero-order chi connectivity index (χ0) is 27.1. The van der Waals surface area contributed by atoms with Crippen molar-refractivity contribution in [3.8, 4) is 34.5 Å². The highest BCUT2D eigenvalue weighted by Gasteiger charge is 2.42. The maximum absolute atomic E-state index is 12.8. The molecule has 0 saturated heterocycles. The lowest BCUT2D eigenvalue weighted by Gasteiger charge is -2.38. The number of phenols is 5. The van der Waals surface area contributed by atoms with Gasteiger partial charge in [-0.15, -0.1) is 0 Å². The van der Waals surface area contributed by atoms with Crippen molar-refractivity contribution in [3.63, 3.8) is 0 Å². The molecule has 10 heteroatoms. The molecule has 5 N–H and O–H groups in total. The number of phenolic OH excluding ortho intramolecular Hbond substituents is 5. The number of aldehydes is 3. The first kappa shape index (κ1) is 26.5. The van der Waals surface area contributed by atoms with Crippen molar-refractivity contribution in [1.29, 1.82) is 0 Å². The standard InChI is InChI=1S/C26H28O10/c1-10(2)5-17(30)18-21(32)13-6-12(11(3)4)26(36-25(13)16(9-29)24(18)35)19-22(33)14(7-27)20(31)15(8-28)23(19)34/h7-12,26,31-35H,5-6H2,1-4H3/t12-,26?/m0/s1. The predicted molar refractivity (Wildman–Crippen MR) is 127 cm³/mol. The Balaban J connectivity index is 2.33. The summed E-state index contributed by atoms with van der Waals surface area (Å²) in [5.41, 5.74) is -2.38. The topological polar surface area (TPSA) is 179 Å². The molecule has 2 aromatic rings. The van der Waals surface area contributed by atoms with Gasteiger partial charge in [0.05, 0.1) is 22.3 Å². The molecule has 1 aliphatic heterocycles. The molecule has 1 unspecified atom stereocenters. The number of fused-ring (bicyclic) bond motifs is 1. The highest BCUT2D eigenvalue weighted by Crippen LogP contribution is 2.54. The molecule has 0 amide bonds. The third-order valence-electron chi connectivity index (χ3n) is 6.50. The van der Waals surface area contributed by atoms with Crippen LogP contribution >= 0.6 is 0 Å². The number of Topliss-reactive ketones (excluding diaryl/α,β-unsaturated/α-hetero) is 1. The van der Waals surface area contributed by atoms with E-state index in [4.69, 9.17) is 4.74 Å². The van der Waals surface area contributed by atoms with Crippen LogP contribution in [0, 0.1) is 17.8 Å². The van der Waals surface area contributed by atoms with Crippen molar-refractivity contribution in [2.24, 2.45) is 17.8 Å². The molecule has 0 saturated carbocycles. The fourth-order valence-corrected chi connectivity index (χ4v) is 4.63. The van der Waals surface area contributed by atoms with Crippen LogP contribution in [0.1, 0.15) is 92.8 Å². The number of rotatable bonds is 8. The van der Waals surface area contributed by atoms with E-state index in [0.717, 1.165) is 0 Å². The first-order valence-corrected chi connectivity index (χ1v) is 11.4. The van der Waals surface area contributed by atoms with E-state index in [2.05, 4.69) is 0 Å². The Morgan fingerprint density at radius 3 is 1.81 bits per heavy atom. The monoisotopic (exact) mass is 500 g/mol. The number of hydrogen-bond acceptors (Lipinski definition) is 10. The maximum Gasteiger partial charge on any atom is 0.170 e. The highest BCUT2D eigenvalue weighted by atomic mass is 16.5. The average Bonchev–Trinajstić information content (AvgIpc) is 2.79. The van der Waals surface area contributed by atoms with Gasteiger partial charge in [0.2, 0.25) is 0 Å². The minimum absolute atomic E-state index is 0.00743. The third kappa shape index (κ3) is 4.12. The minimum Gasteiger partial charge on any atom is -0.507 e. The Labute approximate surface area is 206 Å². The number of carbonyl (C=O) groups excluding carboxylic acids is 4. The molecule has 0 aliphatic carbocycles. The minimum atomic E-state index is -1.27. The summed E-state index contributed by atoms with van der Waals surface area (Å²) < 4.78 is 6.00. The van der Waals surface area contributed by atoms with Crippen molar-refractivity contribution < 1.29 is 49.4 Å². The van der Waals surface area contributed by atoms with Crippen LogP contribution in [0.3, 0.4) is 0 Å². The van der Waals surface area contributed by atoms with Crippen LogP contribution in [-0.4, -0.2) is 50.2 Å². The first-order chi connectivity index (χ1) is 16.9. The Bertz CT molecular complexity index is 1220. The summed E-state index contributed by atoms with van der Waals surface area (Å²) in [4.78, 5) is 47.9. The van der Waals surface area contributed by atoms with Crippen molar-refractivity contribution >= 4 is 24.6 Å². The molecule has 0 bridgehead atoms. The van der Waals surface area contributed by atoms with Gasteiger partial charge >= 0.3 is 0 Å². The van der Waals surface area contributed by atoms with Crippen LogP contribution in [-0.2, 0) is 6.42 Å². The van der Waals surface area contributed by atoms with Gasteiger partial charge in [0, 0.05) is 17.9 Å². The van der Waals surface area contributed by atoms with Crippen molar-refractivity contribution in [1.82, 2.24) is 0 Å². The average molecular weight is 501 g/mol. The van der Waals surface area contributed by atoms with Crippen molar-refractivity contribution in [2.75, 3.05) is 0 Å². The molecule has 0 spiro atoms. The summed E-state index contributed by atoms with van der Waals surface area (Å²) in [6, 6.07) is 0. The number of ketones is 1. The Morgan fingerprint density at radius 1 is 0.833 bits per heavy atom. The molecular weight excluding hydrogens is 472 g/mol. The lowest BCUT2D eigenvalue weighted by molar-refractivity contribution is 0.0768. The summed E-state index contributed by atoms with van der Waals surface area (Å²) in [6.07, 6.45) is -0.792. The molecule has 36 heavy (non-hydrogen) atoms. The maximum atomic E-state index is 12.8. The summed E-state index contributed by atoms with van der Waals surface area (Å²) in [7, 11) is 0. The second-order valence-electron chi connectivity index (χ2n) is 9.61. The van der Waals surface area contributed by atoms with Gasteiger partial charge in [-0.3, -0.25) is 19.2 Å². The van der Waals surface area contributed by atoms with Gasteiger partial charge in [-0.1, -0.05) is 27.7 Å². The fraction of sp³-hybridized carbons (Fsp3) is 0.385. The molecule has 0 radical (unpaired) electrons. The Kier molecular flexibility index (Phi) is 7.28.